The van der Waals surface area contributed by atoms with Crippen molar-refractivity contribution in [3.05, 3.63) is 0 Å². The van der Waals surface area contributed by atoms with E-state index in [0.29, 0.717) is 12.1 Å². The van der Waals surface area contributed by atoms with Gasteiger partial charge in [0.2, 0.25) is 0 Å². The third-order valence-corrected chi connectivity index (χ3v) is 3.51. The van der Waals surface area contributed by atoms with Crippen molar-refractivity contribution in [2.24, 2.45) is 0 Å². The summed E-state index contributed by atoms with van der Waals surface area (Å²) in [6.07, 6.45) is 3.62. The van der Waals surface area contributed by atoms with Crippen LogP contribution >= 0.6 is 0 Å². The van der Waals surface area contributed by atoms with Crippen LogP contribution < -0.4 is 5.32 Å². The molecule has 3 nitrogen and oxygen atoms in total. The highest BCUT2D eigenvalue weighted by molar-refractivity contribution is 4.92. The molecule has 2 heterocycles. The van der Waals surface area contributed by atoms with Crippen LogP contribution in [0.3, 0.4) is 0 Å². The molecule has 0 amide bonds. The molecular weight excluding hydrogens is 178 g/mol. The lowest BCUT2D eigenvalue weighted by Crippen LogP contribution is -2.57. The second kappa shape index (κ2) is 4.17. The molecule has 3 atom stereocenters. The third kappa shape index (κ3) is 2.10. The lowest BCUT2D eigenvalue weighted by atomic mass is 9.91. The quantitative estimate of drug-likeness (QED) is 0.638. The van der Waals surface area contributed by atoms with E-state index >= 15 is 0 Å². The fourth-order valence-electron chi connectivity index (χ4n) is 2.33. The highest BCUT2D eigenvalue weighted by Gasteiger charge is 2.38. The Morgan fingerprint density at radius 1 is 1.21 bits per heavy atom. The van der Waals surface area contributed by atoms with Gasteiger partial charge in [0.15, 0.2) is 0 Å². The Bertz CT molecular complexity index is 188. The summed E-state index contributed by atoms with van der Waals surface area (Å²) in [5, 5.41) is 3.54. The zero-order valence-corrected chi connectivity index (χ0v) is 9.21. The van der Waals surface area contributed by atoms with E-state index in [4.69, 9.17) is 9.47 Å². The van der Waals surface area contributed by atoms with Crippen molar-refractivity contribution in [3.8, 4) is 0 Å². The molecule has 2 aliphatic rings. The molecule has 0 bridgehead atoms. The monoisotopic (exact) mass is 199 g/mol. The van der Waals surface area contributed by atoms with Crippen LogP contribution in [0.25, 0.3) is 0 Å². The Morgan fingerprint density at radius 3 is 2.86 bits per heavy atom. The summed E-state index contributed by atoms with van der Waals surface area (Å²) in [7, 11) is 0. The van der Waals surface area contributed by atoms with Gasteiger partial charge in [-0.15, -0.1) is 0 Å². The highest BCUT2D eigenvalue weighted by atomic mass is 16.5. The predicted molar refractivity (Wildman–Crippen MR) is 55.4 cm³/mol. The molecule has 0 aromatic carbocycles. The maximum absolute atomic E-state index is 6.16. The van der Waals surface area contributed by atoms with Crippen molar-refractivity contribution >= 4 is 0 Å². The summed E-state index contributed by atoms with van der Waals surface area (Å²) in [6.45, 7) is 7.08. The first kappa shape index (κ1) is 10.4. The summed E-state index contributed by atoms with van der Waals surface area (Å²) in [6, 6.07) is 0.477. The normalized spacial score (nSPS) is 45.0. The fourth-order valence-corrected chi connectivity index (χ4v) is 2.33. The molecule has 14 heavy (non-hydrogen) atoms. The van der Waals surface area contributed by atoms with E-state index in [9.17, 15) is 0 Å². The number of morpholine rings is 1. The Morgan fingerprint density at radius 2 is 2.07 bits per heavy atom. The molecule has 0 saturated carbocycles. The van der Waals surface area contributed by atoms with Crippen molar-refractivity contribution in [2.75, 3.05) is 19.8 Å². The minimum absolute atomic E-state index is 0.0580. The number of hydrogen-bond donors (Lipinski definition) is 1. The van der Waals surface area contributed by atoms with Gasteiger partial charge in [-0.25, -0.2) is 0 Å². The van der Waals surface area contributed by atoms with Crippen LogP contribution in [0, 0.1) is 0 Å². The standard InChI is InChI=1S/C11H21NO2/c1-9-10(2)14-11(8-12-9)4-3-6-13-7-5-11/h9-10,12H,3-8H2,1-2H3. The molecule has 2 aliphatic heterocycles. The summed E-state index contributed by atoms with van der Waals surface area (Å²) < 4.78 is 11.6. The zero-order valence-electron chi connectivity index (χ0n) is 9.21. The van der Waals surface area contributed by atoms with Crippen molar-refractivity contribution in [1.82, 2.24) is 5.32 Å². The van der Waals surface area contributed by atoms with Crippen LogP contribution in [0.4, 0.5) is 0 Å². The Hall–Kier alpha value is -0.120. The van der Waals surface area contributed by atoms with Gasteiger partial charge in [-0.2, -0.15) is 0 Å². The molecule has 3 heteroatoms. The summed E-state index contributed by atoms with van der Waals surface area (Å²) in [5.74, 6) is 0. The Labute approximate surface area is 86.2 Å². The molecule has 0 aromatic rings. The van der Waals surface area contributed by atoms with E-state index in [0.717, 1.165) is 39.0 Å². The SMILES string of the molecule is CC1NCC2(CCCOCC2)OC1C. The average molecular weight is 199 g/mol. The van der Waals surface area contributed by atoms with Crippen LogP contribution in [0.5, 0.6) is 0 Å². The molecule has 1 N–H and O–H groups in total. The molecular formula is C11H21NO2. The van der Waals surface area contributed by atoms with Gasteiger partial charge in [-0.05, 0) is 26.7 Å². The number of nitrogens with one attached hydrogen (secondary N) is 1. The molecule has 0 aliphatic carbocycles. The smallest absolute Gasteiger partial charge is 0.0833 e. The molecule has 0 aromatic heterocycles. The topological polar surface area (TPSA) is 30.5 Å². The molecule has 2 saturated heterocycles. The zero-order chi connectivity index (χ0) is 10.0. The molecule has 2 fully saturated rings. The van der Waals surface area contributed by atoms with Gasteiger partial charge in [0.05, 0.1) is 11.7 Å². The van der Waals surface area contributed by atoms with Gasteiger partial charge in [-0.3, -0.25) is 0 Å². The maximum atomic E-state index is 6.16. The van der Waals surface area contributed by atoms with Gasteiger partial charge >= 0.3 is 0 Å². The van der Waals surface area contributed by atoms with Crippen molar-refractivity contribution in [3.63, 3.8) is 0 Å². The van der Waals surface area contributed by atoms with Crippen LogP contribution in [0.1, 0.15) is 33.1 Å². The number of ether oxygens (including phenoxy) is 2. The molecule has 2 rings (SSSR count). The van der Waals surface area contributed by atoms with Gasteiger partial charge < -0.3 is 14.8 Å². The van der Waals surface area contributed by atoms with Gasteiger partial charge in [0, 0.05) is 32.2 Å². The van der Waals surface area contributed by atoms with Crippen molar-refractivity contribution in [1.29, 1.82) is 0 Å². The first-order chi connectivity index (χ1) is 6.72. The van der Waals surface area contributed by atoms with Crippen molar-refractivity contribution < 1.29 is 9.47 Å². The van der Waals surface area contributed by atoms with E-state index in [-0.39, 0.29) is 5.60 Å². The fraction of sp³-hybridized carbons (Fsp3) is 1.00. The van der Waals surface area contributed by atoms with Crippen LogP contribution in [0.15, 0.2) is 0 Å². The van der Waals surface area contributed by atoms with E-state index in [1.807, 2.05) is 0 Å². The highest BCUT2D eigenvalue weighted by Crippen LogP contribution is 2.30. The van der Waals surface area contributed by atoms with Gasteiger partial charge in [0.25, 0.3) is 0 Å². The van der Waals surface area contributed by atoms with E-state index in [2.05, 4.69) is 19.2 Å². The average Bonchev–Trinajstić information content (AvgIpc) is 2.39. The molecule has 1 spiro atoms. The van der Waals surface area contributed by atoms with Crippen LogP contribution in [-0.4, -0.2) is 37.5 Å². The largest absolute Gasteiger partial charge is 0.381 e. The van der Waals surface area contributed by atoms with Gasteiger partial charge in [0.1, 0.15) is 0 Å². The second-order valence-electron chi connectivity index (χ2n) is 4.64. The van der Waals surface area contributed by atoms with Crippen LogP contribution in [-0.2, 0) is 9.47 Å². The molecule has 3 unspecified atom stereocenters. The lowest BCUT2D eigenvalue weighted by Gasteiger charge is -2.43. The van der Waals surface area contributed by atoms with Crippen molar-refractivity contribution in [2.45, 2.75) is 50.9 Å². The Balaban J connectivity index is 2.00. The minimum Gasteiger partial charge on any atom is -0.381 e. The minimum atomic E-state index is 0.0580. The predicted octanol–water partition coefficient (Wildman–Crippen LogP) is 1.32. The molecule has 82 valence electrons. The summed E-state index contributed by atoms with van der Waals surface area (Å²) >= 11 is 0. The van der Waals surface area contributed by atoms with E-state index < -0.39 is 0 Å². The molecule has 0 radical (unpaired) electrons. The van der Waals surface area contributed by atoms with Gasteiger partial charge in [-0.1, -0.05) is 0 Å². The van der Waals surface area contributed by atoms with E-state index in [1.165, 1.54) is 0 Å². The number of hydrogen-bond acceptors (Lipinski definition) is 3. The summed E-state index contributed by atoms with van der Waals surface area (Å²) in [5.41, 5.74) is 0.0580. The Kier molecular flexibility index (Phi) is 3.10. The first-order valence-corrected chi connectivity index (χ1v) is 5.71. The lowest BCUT2D eigenvalue weighted by molar-refractivity contribution is -0.133. The van der Waals surface area contributed by atoms with E-state index in [1.54, 1.807) is 0 Å². The second-order valence-corrected chi connectivity index (χ2v) is 4.64. The van der Waals surface area contributed by atoms with Crippen LogP contribution in [0.2, 0.25) is 0 Å². The third-order valence-electron chi connectivity index (χ3n) is 3.51. The first-order valence-electron chi connectivity index (χ1n) is 5.71. The maximum Gasteiger partial charge on any atom is 0.0833 e. The number of rotatable bonds is 0. The summed E-state index contributed by atoms with van der Waals surface area (Å²) in [4.78, 5) is 0.